The molecule has 0 atom stereocenters. The van der Waals surface area contributed by atoms with E-state index in [1.54, 1.807) is 12.4 Å². The molecule has 6 nitrogen and oxygen atoms in total. The van der Waals surface area contributed by atoms with Crippen molar-refractivity contribution in [3.8, 4) is 95.0 Å². The number of fused-ring (bicyclic) bond motifs is 1. The highest BCUT2D eigenvalue weighted by atomic mass is 15.2. The first-order valence-electron chi connectivity index (χ1n) is 23.1. The van der Waals surface area contributed by atoms with Gasteiger partial charge in [0.05, 0.1) is 13.2 Å². The number of hydrogen-bond donors (Lipinski definition) is 0. The molecule has 0 bridgehead atoms. The third-order valence-electron chi connectivity index (χ3n) is 13.3. The molecule has 0 saturated heterocycles. The van der Waals surface area contributed by atoms with Crippen molar-refractivity contribution in [3.05, 3.63) is 230 Å². The second-order valence-electron chi connectivity index (χ2n) is 17.7. The van der Waals surface area contributed by atoms with Gasteiger partial charge in [0.25, 0.3) is 5.65 Å². The Kier molecular flexibility index (Phi) is 10.9. The zero-order chi connectivity index (χ0) is 46.3. The van der Waals surface area contributed by atoms with Crippen LogP contribution in [0.15, 0.2) is 219 Å². The molecule has 0 amide bonds. The zero-order valence-corrected chi connectivity index (χ0v) is 39.0. The molecule has 0 N–H and O–H groups in total. The number of hydrogen-bond acceptors (Lipinski definition) is 2. The first-order chi connectivity index (χ1) is 33.3. The van der Waals surface area contributed by atoms with Gasteiger partial charge in [-0.15, -0.1) is 4.98 Å². The van der Waals surface area contributed by atoms with Gasteiger partial charge >= 0.3 is 5.65 Å². The monoisotopic (exact) mass is 879 g/mol. The lowest BCUT2D eigenvalue weighted by molar-refractivity contribution is -0.660. The van der Waals surface area contributed by atoms with Gasteiger partial charge in [-0.3, -0.25) is 0 Å². The van der Waals surface area contributed by atoms with Gasteiger partial charge in [0, 0.05) is 34.4 Å². The van der Waals surface area contributed by atoms with Gasteiger partial charge in [-0.2, -0.15) is 0 Å². The number of aromatic nitrogens is 6. The molecule has 0 radical (unpaired) electrons. The van der Waals surface area contributed by atoms with Crippen LogP contribution in [0.25, 0.3) is 106 Å². The highest BCUT2D eigenvalue weighted by Gasteiger charge is 2.22. The van der Waals surface area contributed by atoms with E-state index in [-0.39, 0.29) is 0 Å². The summed E-state index contributed by atoms with van der Waals surface area (Å²) >= 11 is 0. The molecule has 0 fully saturated rings. The summed E-state index contributed by atoms with van der Waals surface area (Å²) in [4.78, 5) is 9.22. The molecule has 7 aromatic carbocycles. The van der Waals surface area contributed by atoms with Gasteiger partial charge in [0.1, 0.15) is 26.0 Å². The van der Waals surface area contributed by atoms with Crippen LogP contribution in [0.5, 0.6) is 0 Å². The quantitative estimate of drug-likeness (QED) is 0.136. The second kappa shape index (κ2) is 17.6. The Morgan fingerprint density at radius 3 is 1.22 bits per heavy atom. The summed E-state index contributed by atoms with van der Waals surface area (Å²) in [5.74, 6) is 0. The van der Waals surface area contributed by atoms with Crippen LogP contribution in [0.4, 0.5) is 0 Å². The Hall–Kier alpha value is -8.61. The van der Waals surface area contributed by atoms with E-state index in [0.717, 1.165) is 50.4 Å². The molecule has 4 aromatic heterocycles. The fraction of sp³-hybridized carbons (Fsp3) is 0.0806. The molecule has 68 heavy (non-hydrogen) atoms. The summed E-state index contributed by atoms with van der Waals surface area (Å²) in [7, 11) is 6.30. The van der Waals surface area contributed by atoms with Crippen LogP contribution in [0.3, 0.4) is 0 Å². The van der Waals surface area contributed by atoms with E-state index < -0.39 is 0 Å². The largest absolute Gasteiger partial charge is 0.322 e. The molecule has 326 valence electrons. The van der Waals surface area contributed by atoms with Gasteiger partial charge in [-0.05, 0) is 135 Å². The molecular formula is C62H51N6+3. The van der Waals surface area contributed by atoms with E-state index in [2.05, 4.69) is 252 Å². The molecule has 6 heteroatoms. The van der Waals surface area contributed by atoms with E-state index in [9.17, 15) is 0 Å². The molecule has 0 aliphatic carbocycles. The maximum atomic E-state index is 4.66. The van der Waals surface area contributed by atoms with Crippen molar-refractivity contribution < 1.29 is 13.7 Å². The third kappa shape index (κ3) is 7.76. The Balaban J connectivity index is 1.08. The molecule has 0 aliphatic heterocycles. The van der Waals surface area contributed by atoms with Crippen molar-refractivity contribution >= 4 is 11.3 Å². The van der Waals surface area contributed by atoms with Crippen LogP contribution in [0, 0.1) is 13.8 Å². The number of pyridine rings is 2. The van der Waals surface area contributed by atoms with Crippen LogP contribution < -0.4 is 13.7 Å². The van der Waals surface area contributed by atoms with E-state index in [4.69, 9.17) is 0 Å². The lowest BCUT2D eigenvalue weighted by atomic mass is 9.85. The van der Waals surface area contributed by atoms with Crippen LogP contribution in [0.1, 0.15) is 11.1 Å². The molecule has 0 spiro atoms. The van der Waals surface area contributed by atoms with Crippen LogP contribution in [-0.2, 0) is 21.1 Å². The number of nitrogens with zero attached hydrogens (tertiary/aromatic N) is 6. The summed E-state index contributed by atoms with van der Waals surface area (Å²) in [5.41, 5.74) is 23.9. The maximum absolute atomic E-state index is 4.66. The zero-order valence-electron chi connectivity index (χ0n) is 39.0. The van der Waals surface area contributed by atoms with Crippen LogP contribution >= 0.6 is 0 Å². The lowest BCUT2D eigenvalue weighted by Crippen LogP contribution is -2.31. The van der Waals surface area contributed by atoms with Crippen LogP contribution in [-0.4, -0.2) is 14.5 Å². The molecule has 0 aliphatic rings. The van der Waals surface area contributed by atoms with Gasteiger partial charge in [-0.25, -0.2) is 23.3 Å². The van der Waals surface area contributed by atoms with Gasteiger partial charge in [-0.1, -0.05) is 121 Å². The highest BCUT2D eigenvalue weighted by molar-refractivity contribution is 5.94. The minimum absolute atomic E-state index is 0.820. The predicted octanol–water partition coefficient (Wildman–Crippen LogP) is 12.8. The third-order valence-corrected chi connectivity index (χ3v) is 13.3. The summed E-state index contributed by atoms with van der Waals surface area (Å²) in [5, 5.41) is 0. The normalized spacial score (nSPS) is 11.3. The molecular weight excluding hydrogens is 829 g/mol. The number of aryl methyl sites for hydroxylation is 5. The second-order valence-corrected chi connectivity index (χ2v) is 17.7. The lowest BCUT2D eigenvalue weighted by Gasteiger charge is -2.18. The Morgan fingerprint density at radius 1 is 0.353 bits per heavy atom. The van der Waals surface area contributed by atoms with Crippen molar-refractivity contribution in [2.24, 2.45) is 21.1 Å². The molecule has 0 unspecified atom stereocenters. The molecule has 0 saturated carbocycles. The van der Waals surface area contributed by atoms with Gasteiger partial charge in [0.15, 0.2) is 18.7 Å². The molecule has 11 aromatic rings. The van der Waals surface area contributed by atoms with Gasteiger partial charge in [0.2, 0.25) is 11.4 Å². The fourth-order valence-corrected chi connectivity index (χ4v) is 9.89. The smallest absolute Gasteiger partial charge is 0.234 e. The summed E-state index contributed by atoms with van der Waals surface area (Å²) in [6.07, 6.45) is 10.1. The Morgan fingerprint density at radius 2 is 0.750 bits per heavy atom. The number of benzene rings is 7. The number of rotatable bonds is 9. The number of imidazole rings is 1. The Labute approximate surface area is 398 Å². The van der Waals surface area contributed by atoms with Crippen molar-refractivity contribution in [3.63, 3.8) is 0 Å². The minimum atomic E-state index is 0.820. The van der Waals surface area contributed by atoms with Crippen molar-refractivity contribution in [2.45, 2.75) is 13.8 Å². The summed E-state index contributed by atoms with van der Waals surface area (Å²) in [6.45, 7) is 4.46. The summed E-state index contributed by atoms with van der Waals surface area (Å²) < 4.78 is 8.61. The first-order valence-corrected chi connectivity index (χ1v) is 23.1. The predicted molar refractivity (Wildman–Crippen MR) is 275 cm³/mol. The molecule has 4 heterocycles. The van der Waals surface area contributed by atoms with E-state index in [0.29, 0.717) is 0 Å². The van der Waals surface area contributed by atoms with Crippen LogP contribution in [0.2, 0.25) is 0 Å². The SMILES string of the molecule is Cc1cc(-c2ccccc2)[n+](C)cc1-c1ccccc1-c1cc(-c2ccccc2-c2ccc(-n3c[n+](C)c4nccnc43)cc2)cc(-c2ccccc2-c2c[n+](C)c(-c3ccccc3)cc2C)c1. The average Bonchev–Trinajstić information content (AvgIpc) is 3.73. The molecule has 11 rings (SSSR count). The standard InChI is InChI=1S/C62H51N6/c1-42-34-59(45-18-8-6-9-19-45)65(3)39-57(42)55-26-16-14-24-53(55)48-36-47(52-23-13-12-22-51(52)44-28-30-50(31-29-44)68-41-67(5)61-62(68)64-33-32-63-61)37-49(38-48)54-25-15-17-27-56(54)58-40-66(4)60(35-43(58)2)46-20-10-7-11-21-46/h6-41H,1-5H3/q+3. The van der Waals surface area contributed by atoms with E-state index in [1.807, 2.05) is 17.9 Å². The Bertz CT molecular complexity index is 3510. The van der Waals surface area contributed by atoms with Crippen molar-refractivity contribution in [1.29, 1.82) is 0 Å². The first kappa shape index (κ1) is 42.1. The minimum Gasteiger partial charge on any atom is -0.234 e. The maximum Gasteiger partial charge on any atom is 0.322 e. The van der Waals surface area contributed by atoms with E-state index in [1.165, 1.54) is 67.0 Å². The topological polar surface area (TPSA) is 42.4 Å². The fourth-order valence-electron chi connectivity index (χ4n) is 9.89. The van der Waals surface area contributed by atoms with Crippen molar-refractivity contribution in [1.82, 2.24) is 14.5 Å². The highest BCUT2D eigenvalue weighted by Crippen LogP contribution is 2.43. The van der Waals surface area contributed by atoms with Crippen molar-refractivity contribution in [2.75, 3.05) is 0 Å². The van der Waals surface area contributed by atoms with E-state index >= 15 is 0 Å². The summed E-state index contributed by atoms with van der Waals surface area (Å²) in [6, 6.07) is 68.4. The van der Waals surface area contributed by atoms with Gasteiger partial charge < -0.3 is 0 Å². The average molecular weight is 880 g/mol.